The van der Waals surface area contributed by atoms with Crippen molar-refractivity contribution in [2.45, 2.75) is 24.9 Å². The summed E-state index contributed by atoms with van der Waals surface area (Å²) in [5, 5.41) is 22.7. The van der Waals surface area contributed by atoms with E-state index >= 15 is 0 Å². The van der Waals surface area contributed by atoms with Gasteiger partial charge in [-0.1, -0.05) is 0 Å². The monoisotopic (exact) mass is 266 g/mol. The van der Waals surface area contributed by atoms with Crippen molar-refractivity contribution in [1.82, 2.24) is 5.32 Å². The van der Waals surface area contributed by atoms with Crippen LogP contribution in [0.3, 0.4) is 0 Å². The molecule has 1 aliphatic rings. The highest BCUT2D eigenvalue weighted by Crippen LogP contribution is 2.36. The van der Waals surface area contributed by atoms with Gasteiger partial charge in [-0.25, -0.2) is 0 Å². The number of nitro benzene ring substituents is 1. The second-order valence-electron chi connectivity index (χ2n) is 4.54. The summed E-state index contributed by atoms with van der Waals surface area (Å²) in [7, 11) is 1.43. The summed E-state index contributed by atoms with van der Waals surface area (Å²) >= 11 is 0. The van der Waals surface area contributed by atoms with Gasteiger partial charge in [-0.2, -0.15) is 0 Å². The van der Waals surface area contributed by atoms with Crippen LogP contribution in [0.2, 0.25) is 0 Å². The topological polar surface area (TPSA) is 102 Å². The number of benzene rings is 1. The molecule has 1 saturated carbocycles. The molecule has 1 aromatic carbocycles. The molecule has 0 bridgehead atoms. The maximum absolute atomic E-state index is 11.0. The number of methoxy groups -OCH3 is 1. The van der Waals surface area contributed by atoms with Gasteiger partial charge in [0.15, 0.2) is 0 Å². The van der Waals surface area contributed by atoms with E-state index in [-0.39, 0.29) is 12.2 Å². The number of carboxylic acids is 1. The van der Waals surface area contributed by atoms with Gasteiger partial charge in [0.2, 0.25) is 0 Å². The quantitative estimate of drug-likeness (QED) is 0.594. The second-order valence-corrected chi connectivity index (χ2v) is 4.54. The maximum atomic E-state index is 11.0. The normalized spacial score (nSPS) is 15.8. The van der Waals surface area contributed by atoms with E-state index in [1.165, 1.54) is 19.2 Å². The SMILES string of the molecule is COc1cc(CNC2(C(=O)O)CC2)cc([N+](=O)[O-])c1. The molecule has 7 nitrogen and oxygen atoms in total. The third-order valence-corrected chi connectivity index (χ3v) is 3.19. The molecule has 102 valence electrons. The number of ether oxygens (including phenoxy) is 1. The number of non-ortho nitro benzene ring substituents is 1. The lowest BCUT2D eigenvalue weighted by Crippen LogP contribution is -2.38. The summed E-state index contributed by atoms with van der Waals surface area (Å²) in [4.78, 5) is 21.3. The molecule has 0 unspecified atom stereocenters. The first-order chi connectivity index (χ1) is 8.97. The Balaban J connectivity index is 2.14. The fourth-order valence-electron chi connectivity index (χ4n) is 1.83. The van der Waals surface area contributed by atoms with Crippen LogP contribution in [0.15, 0.2) is 18.2 Å². The lowest BCUT2D eigenvalue weighted by molar-refractivity contribution is -0.385. The van der Waals surface area contributed by atoms with Gasteiger partial charge in [-0.05, 0) is 24.5 Å². The molecule has 19 heavy (non-hydrogen) atoms. The van der Waals surface area contributed by atoms with E-state index < -0.39 is 16.4 Å². The van der Waals surface area contributed by atoms with Crippen molar-refractivity contribution in [2.24, 2.45) is 0 Å². The molecule has 1 aliphatic carbocycles. The summed E-state index contributed by atoms with van der Waals surface area (Å²) in [6, 6.07) is 4.39. The van der Waals surface area contributed by atoms with Crippen molar-refractivity contribution < 1.29 is 19.6 Å². The minimum absolute atomic E-state index is 0.0729. The van der Waals surface area contributed by atoms with Crippen LogP contribution in [-0.2, 0) is 11.3 Å². The molecule has 7 heteroatoms. The predicted octanol–water partition coefficient (Wildman–Crippen LogP) is 1.31. The van der Waals surface area contributed by atoms with E-state index in [0.717, 1.165) is 0 Å². The number of nitrogens with one attached hydrogen (secondary N) is 1. The van der Waals surface area contributed by atoms with Crippen LogP contribution >= 0.6 is 0 Å². The van der Waals surface area contributed by atoms with E-state index in [2.05, 4.69) is 5.32 Å². The zero-order chi connectivity index (χ0) is 14.0. The van der Waals surface area contributed by atoms with Gasteiger partial charge >= 0.3 is 5.97 Å². The van der Waals surface area contributed by atoms with Crippen molar-refractivity contribution in [1.29, 1.82) is 0 Å². The van der Waals surface area contributed by atoms with Crippen LogP contribution in [0, 0.1) is 10.1 Å². The molecule has 1 aromatic rings. The number of aliphatic carboxylic acids is 1. The minimum atomic E-state index is -0.884. The average Bonchev–Trinajstić information content (AvgIpc) is 3.17. The average molecular weight is 266 g/mol. The number of hydrogen-bond acceptors (Lipinski definition) is 5. The molecule has 0 heterocycles. The third kappa shape index (κ3) is 2.82. The molecular formula is C12H14N2O5. The van der Waals surface area contributed by atoms with Gasteiger partial charge in [0.25, 0.3) is 5.69 Å². The first-order valence-electron chi connectivity index (χ1n) is 5.78. The van der Waals surface area contributed by atoms with E-state index in [1.807, 2.05) is 0 Å². The van der Waals surface area contributed by atoms with Gasteiger partial charge in [0, 0.05) is 12.6 Å². The first-order valence-corrected chi connectivity index (χ1v) is 5.78. The summed E-state index contributed by atoms with van der Waals surface area (Å²) in [5.41, 5.74) is -0.312. The van der Waals surface area contributed by atoms with Gasteiger partial charge in [0.1, 0.15) is 11.3 Å². The van der Waals surface area contributed by atoms with Crippen molar-refractivity contribution in [3.05, 3.63) is 33.9 Å². The molecule has 2 N–H and O–H groups in total. The van der Waals surface area contributed by atoms with Gasteiger partial charge in [-0.3, -0.25) is 20.2 Å². The molecule has 1 fully saturated rings. The fourth-order valence-corrected chi connectivity index (χ4v) is 1.83. The van der Waals surface area contributed by atoms with Crippen LogP contribution in [0.5, 0.6) is 5.75 Å². The molecule has 0 saturated heterocycles. The Hall–Kier alpha value is -2.15. The number of nitrogens with zero attached hydrogens (tertiary/aromatic N) is 1. The van der Waals surface area contributed by atoms with Crippen molar-refractivity contribution in [3.8, 4) is 5.75 Å². The van der Waals surface area contributed by atoms with E-state index in [4.69, 9.17) is 9.84 Å². The number of nitro groups is 1. The predicted molar refractivity (Wildman–Crippen MR) is 66.1 cm³/mol. The van der Waals surface area contributed by atoms with Crippen molar-refractivity contribution in [2.75, 3.05) is 7.11 Å². The standard InChI is InChI=1S/C12H14N2O5/c1-19-10-5-8(4-9(6-10)14(17)18)7-13-12(2-3-12)11(15)16/h4-6,13H,2-3,7H2,1H3,(H,15,16). The Bertz CT molecular complexity index is 525. The van der Waals surface area contributed by atoms with Crippen molar-refractivity contribution in [3.63, 3.8) is 0 Å². The Morgan fingerprint density at radius 1 is 1.53 bits per heavy atom. The summed E-state index contributed by atoms with van der Waals surface area (Å²) < 4.78 is 4.99. The van der Waals surface area contributed by atoms with Crippen molar-refractivity contribution >= 4 is 11.7 Å². The number of carbonyl (C=O) groups is 1. The molecule has 0 atom stereocenters. The Kier molecular flexibility index (Phi) is 3.39. The molecule has 0 radical (unpaired) electrons. The second kappa shape index (κ2) is 4.85. The van der Waals surface area contributed by atoms with Crippen LogP contribution in [0.4, 0.5) is 5.69 Å². The number of carboxylic acid groups (broad SMARTS) is 1. The fraction of sp³-hybridized carbons (Fsp3) is 0.417. The van der Waals surface area contributed by atoms with Crippen LogP contribution in [-0.4, -0.2) is 28.6 Å². The lowest BCUT2D eigenvalue weighted by atomic mass is 10.1. The summed E-state index contributed by atoms with van der Waals surface area (Å²) in [6.07, 6.45) is 1.16. The van der Waals surface area contributed by atoms with E-state index in [1.54, 1.807) is 6.07 Å². The zero-order valence-corrected chi connectivity index (χ0v) is 10.4. The minimum Gasteiger partial charge on any atom is -0.496 e. The van der Waals surface area contributed by atoms with E-state index in [0.29, 0.717) is 24.2 Å². The Morgan fingerprint density at radius 3 is 2.68 bits per heavy atom. The molecule has 0 spiro atoms. The smallest absolute Gasteiger partial charge is 0.323 e. The highest BCUT2D eigenvalue weighted by molar-refractivity contribution is 5.82. The molecular weight excluding hydrogens is 252 g/mol. The largest absolute Gasteiger partial charge is 0.496 e. The summed E-state index contributed by atoms with van der Waals surface area (Å²) in [6.45, 7) is 0.254. The van der Waals surface area contributed by atoms with Crippen LogP contribution in [0.1, 0.15) is 18.4 Å². The molecule has 2 rings (SSSR count). The number of rotatable bonds is 6. The molecule has 0 amide bonds. The van der Waals surface area contributed by atoms with Gasteiger partial charge < -0.3 is 9.84 Å². The third-order valence-electron chi connectivity index (χ3n) is 3.19. The van der Waals surface area contributed by atoms with E-state index in [9.17, 15) is 14.9 Å². The summed E-state index contributed by atoms with van der Waals surface area (Å²) in [5.74, 6) is -0.504. The van der Waals surface area contributed by atoms with Gasteiger partial charge in [-0.15, -0.1) is 0 Å². The highest BCUT2D eigenvalue weighted by Gasteiger charge is 2.49. The lowest BCUT2D eigenvalue weighted by Gasteiger charge is -2.12. The Morgan fingerprint density at radius 2 is 2.21 bits per heavy atom. The van der Waals surface area contributed by atoms with Crippen LogP contribution < -0.4 is 10.1 Å². The van der Waals surface area contributed by atoms with Crippen LogP contribution in [0.25, 0.3) is 0 Å². The highest BCUT2D eigenvalue weighted by atomic mass is 16.6. The molecule has 0 aromatic heterocycles. The zero-order valence-electron chi connectivity index (χ0n) is 10.4. The van der Waals surface area contributed by atoms with Gasteiger partial charge in [0.05, 0.1) is 18.1 Å². The maximum Gasteiger partial charge on any atom is 0.323 e. The number of hydrogen-bond donors (Lipinski definition) is 2. The first kappa shape index (κ1) is 13.3. The Labute approximate surface area is 109 Å². The molecule has 0 aliphatic heterocycles.